The number of halogens is 1. The van der Waals surface area contributed by atoms with Crippen molar-refractivity contribution in [1.29, 1.82) is 5.41 Å². The van der Waals surface area contributed by atoms with Crippen LogP contribution in [0.25, 0.3) is 0 Å². The number of allylic oxidation sites excluding steroid dienone is 4. The molecule has 4 aromatic rings. The molecule has 0 heterocycles. The van der Waals surface area contributed by atoms with Crippen LogP contribution in [0.1, 0.15) is 49.4 Å². The van der Waals surface area contributed by atoms with E-state index in [1.807, 2.05) is 43.3 Å². The molecule has 198 valence electrons. The Labute approximate surface area is 241 Å². The maximum absolute atomic E-state index is 9.32. The molecule has 0 amide bonds. The minimum Gasteiger partial charge on any atom is -0.389 e. The Morgan fingerprint density at radius 3 is 1.79 bits per heavy atom. The summed E-state index contributed by atoms with van der Waals surface area (Å²) in [5, 5.41) is 16.7. The van der Waals surface area contributed by atoms with Gasteiger partial charge in [0.25, 0.3) is 0 Å². The monoisotopic (exact) mass is 577 g/mol. The maximum Gasteiger partial charge on any atom is 0.114 e. The predicted octanol–water partition coefficient (Wildman–Crippen LogP) is 9.07. The molecule has 4 aromatic carbocycles. The lowest BCUT2D eigenvalue weighted by Crippen LogP contribution is -2.38. The van der Waals surface area contributed by atoms with Gasteiger partial charge in [0.05, 0.1) is 5.71 Å². The molecule has 0 aliphatic rings. The molecule has 3 N–H and O–H groups in total. The Hall–Kier alpha value is -3.89. The maximum atomic E-state index is 9.32. The highest BCUT2D eigenvalue weighted by molar-refractivity contribution is 9.10. The van der Waals surface area contributed by atoms with Gasteiger partial charge < -0.3 is 10.6 Å². The average Bonchev–Trinajstić information content (AvgIpc) is 2.99. The van der Waals surface area contributed by atoms with Gasteiger partial charge in [0.1, 0.15) is 5.54 Å². The molecule has 0 aromatic heterocycles. The van der Waals surface area contributed by atoms with E-state index in [1.165, 1.54) is 0 Å². The van der Waals surface area contributed by atoms with Gasteiger partial charge in [-0.1, -0.05) is 120 Å². The summed E-state index contributed by atoms with van der Waals surface area (Å²) in [6.45, 7) is 7.10. The molecule has 0 unspecified atom stereocenters. The van der Waals surface area contributed by atoms with Crippen LogP contribution < -0.4 is 10.6 Å². The van der Waals surface area contributed by atoms with Crippen molar-refractivity contribution in [3.63, 3.8) is 0 Å². The summed E-state index contributed by atoms with van der Waals surface area (Å²) in [5.74, 6) is 0. The summed E-state index contributed by atoms with van der Waals surface area (Å²) < 4.78 is 0.929. The molecule has 4 heteroatoms. The van der Waals surface area contributed by atoms with Crippen molar-refractivity contribution in [3.8, 4) is 0 Å². The van der Waals surface area contributed by atoms with Crippen LogP contribution in [-0.4, -0.2) is 12.3 Å². The molecule has 0 spiro atoms. The number of benzene rings is 4. The van der Waals surface area contributed by atoms with E-state index in [0.29, 0.717) is 5.71 Å². The molecular weight excluding hydrogens is 542 g/mol. The third-order valence-corrected chi connectivity index (χ3v) is 7.31. The second-order valence-corrected chi connectivity index (χ2v) is 10.5. The summed E-state index contributed by atoms with van der Waals surface area (Å²) in [7, 11) is 0. The molecular formula is C35H36BrN3. The Morgan fingerprint density at radius 1 is 0.821 bits per heavy atom. The number of hydrogen-bond acceptors (Lipinski definition) is 3. The third kappa shape index (κ3) is 6.40. The van der Waals surface area contributed by atoms with Crippen molar-refractivity contribution < 1.29 is 0 Å². The zero-order valence-corrected chi connectivity index (χ0v) is 24.4. The van der Waals surface area contributed by atoms with Crippen LogP contribution in [0.5, 0.6) is 0 Å². The molecule has 0 bridgehead atoms. The zero-order valence-electron chi connectivity index (χ0n) is 22.8. The first-order valence-electron chi connectivity index (χ1n) is 13.4. The summed E-state index contributed by atoms with van der Waals surface area (Å²) in [4.78, 5) is 0. The largest absolute Gasteiger partial charge is 0.389 e. The standard InChI is InChI=1S/C35H36BrN3/c1-4-23-38-26(3)24-27(5-2)34(37)32-25-31(36)21-22-33(32)39-35(28-15-9-6-10-16-28,29-17-11-7-12-18-29)30-19-13-8-14-20-30/h5-22,24-25,37-39H,4,23H2,1-3H3/b26-24+,27-5+,37-34?. The topological polar surface area (TPSA) is 47.9 Å². The lowest BCUT2D eigenvalue weighted by Gasteiger charge is -2.38. The fourth-order valence-corrected chi connectivity index (χ4v) is 5.24. The number of nitrogens with one attached hydrogen (secondary N) is 3. The van der Waals surface area contributed by atoms with Crippen molar-refractivity contribution in [3.05, 3.63) is 159 Å². The zero-order chi connectivity index (χ0) is 27.7. The van der Waals surface area contributed by atoms with Gasteiger partial charge in [-0.15, -0.1) is 0 Å². The van der Waals surface area contributed by atoms with Crippen LogP contribution in [0.2, 0.25) is 0 Å². The second kappa shape index (κ2) is 13.3. The van der Waals surface area contributed by atoms with Gasteiger partial charge in [-0.25, -0.2) is 0 Å². The first-order chi connectivity index (χ1) is 19.0. The predicted molar refractivity (Wildman–Crippen MR) is 170 cm³/mol. The Kier molecular flexibility index (Phi) is 9.56. The normalized spacial score (nSPS) is 12.2. The lowest BCUT2D eigenvalue weighted by molar-refractivity contribution is 0.711. The van der Waals surface area contributed by atoms with E-state index in [2.05, 4.69) is 125 Å². The van der Waals surface area contributed by atoms with Crippen LogP contribution in [-0.2, 0) is 5.54 Å². The highest BCUT2D eigenvalue weighted by Crippen LogP contribution is 2.41. The number of rotatable bonds is 11. The van der Waals surface area contributed by atoms with Gasteiger partial charge in [0.2, 0.25) is 0 Å². The second-order valence-electron chi connectivity index (χ2n) is 9.54. The SMILES string of the molecule is C/C=C(\C=C(/C)NCCC)C(=N)c1cc(Br)ccc1NC(c1ccccc1)(c1ccccc1)c1ccccc1. The average molecular weight is 579 g/mol. The van der Waals surface area contributed by atoms with Gasteiger partial charge in [-0.3, -0.25) is 5.41 Å². The summed E-state index contributed by atoms with van der Waals surface area (Å²) in [6.07, 6.45) is 5.11. The van der Waals surface area contributed by atoms with Crippen molar-refractivity contribution in [2.24, 2.45) is 0 Å². The van der Waals surface area contributed by atoms with E-state index < -0.39 is 5.54 Å². The molecule has 0 fully saturated rings. The fraction of sp³-hybridized carbons (Fsp3) is 0.171. The van der Waals surface area contributed by atoms with Gasteiger partial charge >= 0.3 is 0 Å². The van der Waals surface area contributed by atoms with E-state index in [9.17, 15) is 5.41 Å². The van der Waals surface area contributed by atoms with Crippen LogP contribution >= 0.6 is 15.9 Å². The summed E-state index contributed by atoms with van der Waals surface area (Å²) in [5.41, 5.74) is 6.75. The highest BCUT2D eigenvalue weighted by Gasteiger charge is 2.37. The van der Waals surface area contributed by atoms with E-state index >= 15 is 0 Å². The van der Waals surface area contributed by atoms with Crippen molar-refractivity contribution >= 4 is 27.3 Å². The summed E-state index contributed by atoms with van der Waals surface area (Å²) >= 11 is 3.66. The van der Waals surface area contributed by atoms with E-state index in [-0.39, 0.29) is 0 Å². The molecule has 0 aliphatic heterocycles. The van der Waals surface area contributed by atoms with Gasteiger partial charge in [0, 0.05) is 28.0 Å². The van der Waals surface area contributed by atoms with Crippen molar-refractivity contribution in [2.75, 3.05) is 11.9 Å². The highest BCUT2D eigenvalue weighted by atomic mass is 79.9. The van der Waals surface area contributed by atoms with Gasteiger partial charge in [0.15, 0.2) is 0 Å². The Bertz CT molecular complexity index is 1340. The van der Waals surface area contributed by atoms with Crippen LogP contribution in [0, 0.1) is 5.41 Å². The number of anilines is 1. The lowest BCUT2D eigenvalue weighted by atomic mass is 9.76. The number of hydrogen-bond donors (Lipinski definition) is 3. The molecule has 39 heavy (non-hydrogen) atoms. The van der Waals surface area contributed by atoms with Crippen molar-refractivity contribution in [2.45, 2.75) is 32.7 Å². The smallest absolute Gasteiger partial charge is 0.114 e. The van der Waals surface area contributed by atoms with E-state index in [0.717, 1.165) is 56.6 Å². The first-order valence-corrected chi connectivity index (χ1v) is 14.2. The van der Waals surface area contributed by atoms with Crippen LogP contribution in [0.4, 0.5) is 5.69 Å². The Balaban J connectivity index is 1.91. The molecule has 4 rings (SSSR count). The van der Waals surface area contributed by atoms with Crippen molar-refractivity contribution in [1.82, 2.24) is 5.32 Å². The molecule has 0 atom stereocenters. The fourth-order valence-electron chi connectivity index (χ4n) is 4.88. The van der Waals surface area contributed by atoms with Gasteiger partial charge in [-0.05, 0) is 66.8 Å². The minimum absolute atomic E-state index is 0.460. The van der Waals surface area contributed by atoms with E-state index in [1.54, 1.807) is 0 Å². The van der Waals surface area contributed by atoms with Crippen LogP contribution in [0.15, 0.2) is 137 Å². The molecule has 0 radical (unpaired) electrons. The van der Waals surface area contributed by atoms with E-state index in [4.69, 9.17) is 0 Å². The van der Waals surface area contributed by atoms with Gasteiger partial charge in [-0.2, -0.15) is 0 Å². The molecule has 0 saturated carbocycles. The third-order valence-electron chi connectivity index (χ3n) is 6.82. The van der Waals surface area contributed by atoms with Crippen LogP contribution in [0.3, 0.4) is 0 Å². The minimum atomic E-state index is -0.683. The molecule has 0 aliphatic carbocycles. The summed E-state index contributed by atoms with van der Waals surface area (Å²) in [6, 6.07) is 37.7. The first kappa shape index (κ1) is 28.1. The molecule has 0 saturated heterocycles. The Morgan fingerprint density at radius 2 is 1.33 bits per heavy atom. The molecule has 3 nitrogen and oxygen atoms in total. The quantitative estimate of drug-likeness (QED) is 0.0945.